The summed E-state index contributed by atoms with van der Waals surface area (Å²) in [5, 5.41) is 8.83. The van der Waals surface area contributed by atoms with Crippen molar-refractivity contribution >= 4 is 54.5 Å². The highest BCUT2D eigenvalue weighted by Gasteiger charge is 2.08. The maximum Gasteiger partial charge on any atom is 0.0963 e. The van der Waals surface area contributed by atoms with Crippen molar-refractivity contribution in [2.24, 2.45) is 0 Å². The lowest BCUT2D eigenvalue weighted by Gasteiger charge is -2.04. The summed E-state index contributed by atoms with van der Waals surface area (Å²) in [6, 6.07) is 0. The van der Waals surface area contributed by atoms with Gasteiger partial charge in [-0.05, 0) is 0 Å². The Morgan fingerprint density at radius 1 is 1.57 bits per heavy atom. The van der Waals surface area contributed by atoms with E-state index in [1.165, 1.54) is 0 Å². The largest absolute Gasteiger partial charge is 0.390 e. The van der Waals surface area contributed by atoms with Gasteiger partial charge in [0.1, 0.15) is 0 Å². The molecule has 4 heteroatoms. The minimum atomic E-state index is -0.277. The first-order valence-electron chi connectivity index (χ1n) is 1.70. The van der Waals surface area contributed by atoms with Gasteiger partial charge in [-0.15, -0.1) is 0 Å². The van der Waals surface area contributed by atoms with Crippen molar-refractivity contribution in [1.29, 1.82) is 0 Å². The topological polar surface area (TPSA) is 20.2 Å². The molecule has 1 atom stereocenters. The lowest BCUT2D eigenvalue weighted by atomic mass is 10.5. The fourth-order valence-electron chi connectivity index (χ4n) is 0.0673. The molecule has 44 valence electrons. The van der Waals surface area contributed by atoms with Crippen LogP contribution in [0.2, 0.25) is 0 Å². The number of hydrogen-bond donors (Lipinski definition) is 1. The second kappa shape index (κ2) is 4.52. The van der Waals surface area contributed by atoms with Gasteiger partial charge >= 0.3 is 0 Å². The van der Waals surface area contributed by atoms with Gasteiger partial charge in [0, 0.05) is 4.43 Å². The van der Waals surface area contributed by atoms with Crippen molar-refractivity contribution in [1.82, 2.24) is 0 Å². The smallest absolute Gasteiger partial charge is 0.0963 e. The molecule has 0 aliphatic rings. The molecule has 0 bridgehead atoms. The summed E-state index contributed by atoms with van der Waals surface area (Å²) in [4.78, 5) is 0. The zero-order valence-corrected chi connectivity index (χ0v) is 8.77. The second-order valence-electron chi connectivity index (χ2n) is 1.06. The lowest BCUT2D eigenvalue weighted by molar-refractivity contribution is 0.223. The van der Waals surface area contributed by atoms with E-state index in [1.54, 1.807) is 0 Å². The standard InChI is InChI=1S/C3H5Br2IO/c4-3(5)2(7)1-6/h2-3,7H,1H2. The summed E-state index contributed by atoms with van der Waals surface area (Å²) >= 11 is 8.44. The molecule has 0 saturated heterocycles. The summed E-state index contributed by atoms with van der Waals surface area (Å²) < 4.78 is 0.788. The summed E-state index contributed by atoms with van der Waals surface area (Å²) in [5.74, 6) is 0. The molecule has 0 aliphatic heterocycles. The van der Waals surface area contributed by atoms with Crippen LogP contribution in [0.25, 0.3) is 0 Å². The van der Waals surface area contributed by atoms with Crippen molar-refractivity contribution in [2.75, 3.05) is 4.43 Å². The summed E-state index contributed by atoms with van der Waals surface area (Å²) in [5.41, 5.74) is 0. The van der Waals surface area contributed by atoms with E-state index in [4.69, 9.17) is 5.11 Å². The SMILES string of the molecule is OC(CI)C(Br)Br. The average molecular weight is 344 g/mol. The van der Waals surface area contributed by atoms with E-state index in [2.05, 4.69) is 54.5 Å². The second-order valence-corrected chi connectivity index (χ2v) is 5.14. The van der Waals surface area contributed by atoms with E-state index >= 15 is 0 Å². The number of aliphatic hydroxyl groups is 1. The van der Waals surface area contributed by atoms with Crippen molar-refractivity contribution in [3.05, 3.63) is 0 Å². The van der Waals surface area contributed by atoms with Gasteiger partial charge < -0.3 is 5.11 Å². The Kier molecular flexibility index (Phi) is 5.59. The highest BCUT2D eigenvalue weighted by molar-refractivity contribution is 14.1. The molecular weight excluding hydrogens is 339 g/mol. The van der Waals surface area contributed by atoms with E-state index in [0.29, 0.717) is 0 Å². The third-order valence-electron chi connectivity index (χ3n) is 0.449. The molecule has 0 saturated carbocycles. The molecule has 0 aromatic carbocycles. The minimum absolute atomic E-state index is 0.0388. The number of aliphatic hydroxyl groups excluding tert-OH is 1. The normalized spacial score (nSPS) is 15.0. The zero-order chi connectivity index (χ0) is 5.86. The van der Waals surface area contributed by atoms with Crippen molar-refractivity contribution < 1.29 is 5.11 Å². The van der Waals surface area contributed by atoms with Crippen molar-refractivity contribution in [3.8, 4) is 0 Å². The van der Waals surface area contributed by atoms with Crippen LogP contribution in [0.3, 0.4) is 0 Å². The first-order chi connectivity index (χ1) is 3.18. The Labute approximate surface area is 73.3 Å². The molecule has 0 aliphatic carbocycles. The monoisotopic (exact) mass is 342 g/mol. The summed E-state index contributed by atoms with van der Waals surface area (Å²) in [7, 11) is 0. The van der Waals surface area contributed by atoms with Crippen LogP contribution in [-0.2, 0) is 0 Å². The average Bonchev–Trinajstić information content (AvgIpc) is 1.65. The van der Waals surface area contributed by atoms with Crippen molar-refractivity contribution in [2.45, 2.75) is 9.84 Å². The van der Waals surface area contributed by atoms with Crippen LogP contribution >= 0.6 is 54.5 Å². The van der Waals surface area contributed by atoms with Gasteiger partial charge in [0.15, 0.2) is 0 Å². The molecule has 1 nitrogen and oxygen atoms in total. The quantitative estimate of drug-likeness (QED) is 0.600. The van der Waals surface area contributed by atoms with E-state index in [0.717, 1.165) is 4.43 Å². The third kappa shape index (κ3) is 4.17. The Hall–Kier alpha value is 1.65. The van der Waals surface area contributed by atoms with Crippen LogP contribution < -0.4 is 0 Å². The van der Waals surface area contributed by atoms with Gasteiger partial charge in [0.05, 0.1) is 9.84 Å². The van der Waals surface area contributed by atoms with Gasteiger partial charge in [0.25, 0.3) is 0 Å². The predicted octanol–water partition coefficient (Wildman–Crippen LogP) is 1.90. The molecule has 7 heavy (non-hydrogen) atoms. The van der Waals surface area contributed by atoms with Crippen LogP contribution in [0.4, 0.5) is 0 Å². The fourth-order valence-corrected chi connectivity index (χ4v) is 2.35. The Morgan fingerprint density at radius 3 is 2.00 bits per heavy atom. The van der Waals surface area contributed by atoms with Crippen LogP contribution in [0.15, 0.2) is 0 Å². The minimum Gasteiger partial charge on any atom is -0.390 e. The van der Waals surface area contributed by atoms with Gasteiger partial charge in [-0.2, -0.15) is 0 Å². The molecule has 0 aromatic heterocycles. The molecule has 0 fully saturated rings. The van der Waals surface area contributed by atoms with E-state index < -0.39 is 0 Å². The van der Waals surface area contributed by atoms with Crippen LogP contribution in [-0.4, -0.2) is 19.4 Å². The maximum atomic E-state index is 8.83. The highest BCUT2D eigenvalue weighted by atomic mass is 127. The summed E-state index contributed by atoms with van der Waals surface area (Å²) in [6.07, 6.45) is -0.277. The Morgan fingerprint density at radius 2 is 2.00 bits per heavy atom. The van der Waals surface area contributed by atoms with Crippen LogP contribution in [0.1, 0.15) is 0 Å². The highest BCUT2D eigenvalue weighted by Crippen LogP contribution is 2.14. The molecule has 0 aromatic rings. The van der Waals surface area contributed by atoms with Crippen LogP contribution in [0, 0.1) is 0 Å². The number of alkyl halides is 3. The maximum absolute atomic E-state index is 8.83. The first-order valence-corrected chi connectivity index (χ1v) is 5.06. The third-order valence-corrected chi connectivity index (χ3v) is 2.57. The summed E-state index contributed by atoms with van der Waals surface area (Å²) in [6.45, 7) is 0. The first kappa shape index (κ1) is 8.65. The van der Waals surface area contributed by atoms with Gasteiger partial charge in [-0.3, -0.25) is 0 Å². The molecule has 0 radical (unpaired) electrons. The van der Waals surface area contributed by atoms with Gasteiger partial charge in [-0.1, -0.05) is 54.5 Å². The Balaban J connectivity index is 3.14. The molecule has 0 spiro atoms. The number of halogens is 3. The molecular formula is C3H5Br2IO. The van der Waals surface area contributed by atoms with Crippen LogP contribution in [0.5, 0.6) is 0 Å². The predicted molar refractivity (Wildman–Crippen MR) is 46.5 cm³/mol. The molecule has 0 rings (SSSR count). The van der Waals surface area contributed by atoms with E-state index in [1.807, 2.05) is 0 Å². The van der Waals surface area contributed by atoms with Crippen molar-refractivity contribution in [3.63, 3.8) is 0 Å². The fraction of sp³-hybridized carbons (Fsp3) is 1.00. The number of rotatable bonds is 2. The van der Waals surface area contributed by atoms with E-state index in [-0.39, 0.29) is 9.84 Å². The molecule has 0 amide bonds. The lowest BCUT2D eigenvalue weighted by Crippen LogP contribution is -2.15. The molecule has 0 heterocycles. The van der Waals surface area contributed by atoms with Gasteiger partial charge in [-0.25, -0.2) is 0 Å². The zero-order valence-electron chi connectivity index (χ0n) is 3.44. The molecule has 1 N–H and O–H groups in total. The number of hydrogen-bond acceptors (Lipinski definition) is 1. The molecule has 1 unspecified atom stereocenters. The van der Waals surface area contributed by atoms with E-state index in [9.17, 15) is 0 Å². The van der Waals surface area contributed by atoms with Gasteiger partial charge in [0.2, 0.25) is 0 Å². The Bertz CT molecular complexity index is 50.2.